The molecular formula is C26H38O4Si. The second kappa shape index (κ2) is 11.0. The van der Waals surface area contributed by atoms with Crippen molar-refractivity contribution in [1.29, 1.82) is 0 Å². The lowest BCUT2D eigenvalue weighted by Gasteiger charge is -2.41. The van der Waals surface area contributed by atoms with Crippen LogP contribution < -0.4 is 9.47 Å². The van der Waals surface area contributed by atoms with Crippen LogP contribution in [0.5, 0.6) is 11.5 Å². The Morgan fingerprint density at radius 1 is 1.06 bits per heavy atom. The Hall–Kier alpha value is -2.08. The molecule has 0 spiro atoms. The molecule has 0 bridgehead atoms. The van der Waals surface area contributed by atoms with Gasteiger partial charge < -0.3 is 19.0 Å². The van der Waals surface area contributed by atoms with Gasteiger partial charge in [-0.15, -0.1) is 6.58 Å². The molecule has 0 saturated carbocycles. The predicted octanol–water partition coefficient (Wildman–Crippen LogP) is 6.52. The number of aliphatic hydroxyl groups excluding tert-OH is 1. The number of allylic oxidation sites excluding steroid dienone is 1. The molecule has 0 fully saturated rings. The third-order valence-electron chi connectivity index (χ3n) is 6.11. The van der Waals surface area contributed by atoms with Gasteiger partial charge in [-0.1, -0.05) is 63.2 Å². The van der Waals surface area contributed by atoms with Crippen LogP contribution in [-0.4, -0.2) is 27.1 Å². The number of methoxy groups -OCH3 is 1. The summed E-state index contributed by atoms with van der Waals surface area (Å²) < 4.78 is 18.5. The van der Waals surface area contributed by atoms with E-state index in [4.69, 9.17) is 13.9 Å². The maximum absolute atomic E-state index is 10.1. The molecule has 0 aliphatic carbocycles. The fourth-order valence-electron chi connectivity index (χ4n) is 3.15. The van der Waals surface area contributed by atoms with Crippen molar-refractivity contribution in [3.05, 3.63) is 72.3 Å². The van der Waals surface area contributed by atoms with Crippen molar-refractivity contribution in [3.63, 3.8) is 0 Å². The molecule has 0 saturated heterocycles. The molecule has 0 radical (unpaired) electrons. The van der Waals surface area contributed by atoms with Crippen molar-refractivity contribution < 1.29 is 19.0 Å². The van der Waals surface area contributed by atoms with E-state index in [0.717, 1.165) is 11.1 Å². The maximum Gasteiger partial charge on any atom is 0.192 e. The molecule has 2 atom stereocenters. The van der Waals surface area contributed by atoms with E-state index in [1.54, 1.807) is 7.11 Å². The Kier molecular flexibility index (Phi) is 8.92. The molecular weight excluding hydrogens is 404 g/mol. The molecule has 0 aliphatic rings. The molecule has 0 unspecified atom stereocenters. The monoisotopic (exact) mass is 442 g/mol. The summed E-state index contributed by atoms with van der Waals surface area (Å²) in [6, 6.07) is 16.0. The quantitative estimate of drug-likeness (QED) is 0.318. The molecule has 2 aromatic rings. The zero-order valence-electron chi connectivity index (χ0n) is 19.9. The van der Waals surface area contributed by atoms with Crippen LogP contribution in [0.15, 0.2) is 61.2 Å². The van der Waals surface area contributed by atoms with Crippen LogP contribution in [0.3, 0.4) is 0 Å². The minimum atomic E-state index is -2.08. The maximum atomic E-state index is 10.1. The first-order chi connectivity index (χ1) is 14.6. The van der Waals surface area contributed by atoms with Crippen LogP contribution in [0, 0.1) is 5.92 Å². The van der Waals surface area contributed by atoms with Gasteiger partial charge in [-0.2, -0.15) is 0 Å². The van der Waals surface area contributed by atoms with Gasteiger partial charge in [-0.3, -0.25) is 0 Å². The summed E-state index contributed by atoms with van der Waals surface area (Å²) in [5, 5.41) is 10.2. The van der Waals surface area contributed by atoms with Crippen LogP contribution in [0.4, 0.5) is 0 Å². The number of rotatable bonds is 11. The topological polar surface area (TPSA) is 47.9 Å². The van der Waals surface area contributed by atoms with E-state index in [0.29, 0.717) is 24.5 Å². The highest BCUT2D eigenvalue weighted by molar-refractivity contribution is 6.74. The number of hydrogen-bond acceptors (Lipinski definition) is 4. The van der Waals surface area contributed by atoms with Gasteiger partial charge in [0.15, 0.2) is 19.8 Å². The van der Waals surface area contributed by atoms with Gasteiger partial charge in [-0.05, 0) is 47.8 Å². The molecule has 0 aromatic heterocycles. The van der Waals surface area contributed by atoms with Crippen LogP contribution in [-0.2, 0) is 11.0 Å². The van der Waals surface area contributed by atoms with Crippen molar-refractivity contribution in [2.24, 2.45) is 5.92 Å². The summed E-state index contributed by atoms with van der Waals surface area (Å²) in [6.07, 6.45) is 2.27. The molecule has 2 aromatic carbocycles. The number of aliphatic hydroxyl groups is 1. The van der Waals surface area contributed by atoms with E-state index >= 15 is 0 Å². The van der Waals surface area contributed by atoms with Gasteiger partial charge in [0, 0.05) is 12.5 Å². The van der Waals surface area contributed by atoms with Crippen molar-refractivity contribution in [3.8, 4) is 11.5 Å². The summed E-state index contributed by atoms with van der Waals surface area (Å²) in [5.41, 5.74) is 2.08. The minimum absolute atomic E-state index is 0.0277. The van der Waals surface area contributed by atoms with E-state index < -0.39 is 8.32 Å². The zero-order valence-corrected chi connectivity index (χ0v) is 20.9. The number of ether oxygens (including phenoxy) is 2. The van der Waals surface area contributed by atoms with Crippen LogP contribution in [0.1, 0.15) is 44.4 Å². The first-order valence-corrected chi connectivity index (χ1v) is 13.8. The molecule has 0 heterocycles. The Bertz CT molecular complexity index is 827. The average Bonchev–Trinajstić information content (AvgIpc) is 2.74. The molecule has 0 aliphatic heterocycles. The van der Waals surface area contributed by atoms with E-state index in [1.165, 1.54) is 0 Å². The van der Waals surface area contributed by atoms with E-state index in [2.05, 4.69) is 40.4 Å². The van der Waals surface area contributed by atoms with E-state index in [-0.39, 0.29) is 23.7 Å². The third-order valence-corrected chi connectivity index (χ3v) is 10.6. The minimum Gasteiger partial charge on any atom is -0.493 e. The highest BCUT2D eigenvalue weighted by Crippen LogP contribution is 2.43. The fourth-order valence-corrected chi connectivity index (χ4v) is 4.47. The SMILES string of the molecule is C=CC[C@H](CO)[C@@H](O[Si](C)(C)C(C)(C)C)c1ccc(OCc2ccccc2)c(OC)c1. The average molecular weight is 443 g/mol. The first-order valence-electron chi connectivity index (χ1n) is 10.9. The molecule has 2 rings (SSSR count). The highest BCUT2D eigenvalue weighted by Gasteiger charge is 2.41. The second-order valence-corrected chi connectivity index (χ2v) is 14.2. The second-order valence-electron chi connectivity index (χ2n) is 9.45. The Morgan fingerprint density at radius 3 is 2.29 bits per heavy atom. The van der Waals surface area contributed by atoms with Gasteiger partial charge in [0.2, 0.25) is 0 Å². The molecule has 31 heavy (non-hydrogen) atoms. The summed E-state index contributed by atoms with van der Waals surface area (Å²) in [7, 11) is -0.432. The normalized spacial score (nSPS) is 14.0. The summed E-state index contributed by atoms with van der Waals surface area (Å²) >= 11 is 0. The summed E-state index contributed by atoms with van der Waals surface area (Å²) in [6.45, 7) is 15.5. The Balaban J connectivity index is 2.35. The summed E-state index contributed by atoms with van der Waals surface area (Å²) in [5.74, 6) is 1.27. The lowest BCUT2D eigenvalue weighted by molar-refractivity contribution is 0.0761. The Morgan fingerprint density at radius 2 is 1.74 bits per heavy atom. The lowest BCUT2D eigenvalue weighted by Crippen LogP contribution is -2.43. The Labute approximate surface area is 189 Å². The van der Waals surface area contributed by atoms with Crippen molar-refractivity contribution in [1.82, 2.24) is 0 Å². The van der Waals surface area contributed by atoms with Gasteiger partial charge in [0.1, 0.15) is 6.61 Å². The molecule has 4 nitrogen and oxygen atoms in total. The largest absolute Gasteiger partial charge is 0.493 e. The number of hydrogen-bond donors (Lipinski definition) is 1. The van der Waals surface area contributed by atoms with Gasteiger partial charge >= 0.3 is 0 Å². The van der Waals surface area contributed by atoms with Gasteiger partial charge in [0.05, 0.1) is 13.2 Å². The highest BCUT2D eigenvalue weighted by atomic mass is 28.4. The van der Waals surface area contributed by atoms with Gasteiger partial charge in [0.25, 0.3) is 0 Å². The zero-order chi connectivity index (χ0) is 23.1. The number of benzene rings is 2. The van der Waals surface area contributed by atoms with Crippen LogP contribution in [0.25, 0.3) is 0 Å². The fraction of sp³-hybridized carbons (Fsp3) is 0.462. The van der Waals surface area contributed by atoms with E-state index in [1.807, 2.05) is 54.6 Å². The molecule has 5 heteroatoms. The molecule has 170 valence electrons. The standard InChI is InChI=1S/C26H38O4Si/c1-8-12-22(18-27)25(30-31(6,7)26(2,3)4)21-15-16-23(24(17-21)28-5)29-19-20-13-10-9-11-14-20/h8-11,13-17,22,25,27H,1,12,18-19H2,2-7H3/t22-,25+/m1/s1. The predicted molar refractivity (Wildman–Crippen MR) is 130 cm³/mol. The van der Waals surface area contributed by atoms with Crippen molar-refractivity contribution >= 4 is 8.32 Å². The van der Waals surface area contributed by atoms with Crippen LogP contribution >= 0.6 is 0 Å². The lowest BCUT2D eigenvalue weighted by atomic mass is 9.93. The first kappa shape index (κ1) is 25.2. The van der Waals surface area contributed by atoms with Gasteiger partial charge in [-0.25, -0.2) is 0 Å². The third kappa shape index (κ3) is 6.70. The van der Waals surface area contributed by atoms with Crippen LogP contribution in [0.2, 0.25) is 18.1 Å². The summed E-state index contributed by atoms with van der Waals surface area (Å²) in [4.78, 5) is 0. The molecule has 0 amide bonds. The molecule has 1 N–H and O–H groups in total. The smallest absolute Gasteiger partial charge is 0.192 e. The van der Waals surface area contributed by atoms with Crippen molar-refractivity contribution in [2.45, 2.75) is 58.0 Å². The van der Waals surface area contributed by atoms with Crippen molar-refractivity contribution in [2.75, 3.05) is 13.7 Å². The van der Waals surface area contributed by atoms with E-state index in [9.17, 15) is 5.11 Å².